The van der Waals surface area contributed by atoms with E-state index in [9.17, 15) is 13.2 Å². The first kappa shape index (κ1) is 23.2. The van der Waals surface area contributed by atoms with Gasteiger partial charge in [0.1, 0.15) is 0 Å². The van der Waals surface area contributed by atoms with Gasteiger partial charge in [-0.25, -0.2) is 18.5 Å². The number of sulfonamides is 1. The maximum Gasteiger partial charge on any atom is 0.241 e. The van der Waals surface area contributed by atoms with Crippen LogP contribution in [0.1, 0.15) is 32.3 Å². The van der Waals surface area contributed by atoms with Gasteiger partial charge in [-0.3, -0.25) is 4.79 Å². The summed E-state index contributed by atoms with van der Waals surface area (Å²) in [5.41, 5.74) is 0.869. The maximum absolute atomic E-state index is 12.0. The Morgan fingerprint density at radius 1 is 1.31 bits per heavy atom. The Kier molecular flexibility index (Phi) is 8.04. The van der Waals surface area contributed by atoms with E-state index in [1.807, 2.05) is 0 Å². The second-order valence-electron chi connectivity index (χ2n) is 8.20. The molecule has 0 bridgehead atoms. The topological polar surface area (TPSA) is 108 Å². The van der Waals surface area contributed by atoms with Crippen molar-refractivity contribution in [2.75, 3.05) is 33.7 Å². The molecule has 8 nitrogen and oxygen atoms in total. The highest BCUT2D eigenvalue weighted by Gasteiger charge is 2.25. The van der Waals surface area contributed by atoms with Gasteiger partial charge < -0.3 is 15.1 Å². The number of nitrogens with one attached hydrogen (secondary N) is 1. The fourth-order valence-electron chi connectivity index (χ4n) is 3.42. The van der Waals surface area contributed by atoms with Gasteiger partial charge >= 0.3 is 0 Å². The summed E-state index contributed by atoms with van der Waals surface area (Å²) in [5, 5.41) is 8.33. The minimum absolute atomic E-state index is 0.0202. The van der Waals surface area contributed by atoms with Crippen LogP contribution in [-0.2, 0) is 21.4 Å². The second-order valence-corrected chi connectivity index (χ2v) is 9.76. The molecule has 1 saturated heterocycles. The highest BCUT2D eigenvalue weighted by molar-refractivity contribution is 7.89. The number of hydrogen-bond acceptors (Lipinski definition) is 4. The molecular weight excluding hydrogens is 390 g/mol. The minimum atomic E-state index is -3.70. The average Bonchev–Trinajstić information content (AvgIpc) is 3.08. The van der Waals surface area contributed by atoms with Crippen molar-refractivity contribution in [2.45, 2.75) is 38.1 Å². The number of guanidine groups is 1. The average molecular weight is 424 g/mol. The zero-order valence-corrected chi connectivity index (χ0v) is 18.6. The summed E-state index contributed by atoms with van der Waals surface area (Å²) < 4.78 is 22.8. The Bertz CT molecular complexity index is 819. The Labute approximate surface area is 174 Å². The zero-order chi connectivity index (χ0) is 21.6. The third kappa shape index (κ3) is 7.32. The standard InChI is InChI=1S/C20H33N5O3S/c1-15(2)11-17-9-10-25(14-17)20(23-13-19(26)24(3)4)22-12-16-5-7-18(8-6-16)29(21,27)28/h5-8,15,17H,9-14H2,1-4H3,(H,22,23)(H2,21,27,28). The SMILES string of the molecule is CC(C)CC1CCN(C(=NCc2ccc(S(N)(=O)=O)cc2)NCC(=O)N(C)C)C1. The fraction of sp³-hybridized carbons (Fsp3) is 0.600. The van der Waals surface area contributed by atoms with Gasteiger partial charge in [0.25, 0.3) is 0 Å². The van der Waals surface area contributed by atoms with Gasteiger partial charge in [-0.2, -0.15) is 0 Å². The Hall–Kier alpha value is -2.13. The molecule has 0 aliphatic carbocycles. The normalized spacial score (nSPS) is 17.7. The molecule has 0 aromatic heterocycles. The number of primary sulfonamides is 1. The van der Waals surface area contributed by atoms with Crippen molar-refractivity contribution in [1.82, 2.24) is 15.1 Å². The molecule has 1 aliphatic heterocycles. The van der Waals surface area contributed by atoms with Gasteiger partial charge in [-0.1, -0.05) is 26.0 Å². The quantitative estimate of drug-likeness (QED) is 0.507. The lowest BCUT2D eigenvalue weighted by atomic mass is 9.97. The first-order chi connectivity index (χ1) is 13.6. The fourth-order valence-corrected chi connectivity index (χ4v) is 3.93. The number of likely N-dealkylation sites (tertiary alicyclic amines) is 1. The summed E-state index contributed by atoms with van der Waals surface area (Å²) in [6.45, 7) is 6.86. The molecule has 0 spiro atoms. The Morgan fingerprint density at radius 2 is 1.97 bits per heavy atom. The molecule has 1 amide bonds. The van der Waals surface area contributed by atoms with E-state index in [1.165, 1.54) is 18.6 Å². The summed E-state index contributed by atoms with van der Waals surface area (Å²) in [5.74, 6) is 1.97. The van der Waals surface area contributed by atoms with Crippen molar-refractivity contribution in [1.29, 1.82) is 0 Å². The predicted octanol–water partition coefficient (Wildman–Crippen LogP) is 1.24. The number of aliphatic imine (C=N–C) groups is 1. The second kappa shape index (κ2) is 10.1. The van der Waals surface area contributed by atoms with Gasteiger partial charge in [0.2, 0.25) is 15.9 Å². The first-order valence-corrected chi connectivity index (χ1v) is 11.5. The zero-order valence-electron chi connectivity index (χ0n) is 17.8. The number of carbonyl (C=O) groups excluding carboxylic acids is 1. The van der Waals surface area contributed by atoms with E-state index < -0.39 is 10.0 Å². The lowest BCUT2D eigenvalue weighted by Crippen LogP contribution is -2.44. The van der Waals surface area contributed by atoms with Gasteiger partial charge in [-0.05, 0) is 42.4 Å². The highest BCUT2D eigenvalue weighted by atomic mass is 32.2. The molecule has 1 atom stereocenters. The molecule has 1 heterocycles. The number of likely N-dealkylation sites (N-methyl/N-ethyl adjacent to an activating group) is 1. The van der Waals surface area contributed by atoms with Crippen LogP contribution in [0.15, 0.2) is 34.2 Å². The summed E-state index contributed by atoms with van der Waals surface area (Å²) >= 11 is 0. The lowest BCUT2D eigenvalue weighted by molar-refractivity contribution is -0.127. The van der Waals surface area contributed by atoms with Crippen LogP contribution in [0.4, 0.5) is 0 Å². The van der Waals surface area contributed by atoms with E-state index in [-0.39, 0.29) is 17.3 Å². The van der Waals surface area contributed by atoms with E-state index >= 15 is 0 Å². The van der Waals surface area contributed by atoms with Gasteiger partial charge in [0, 0.05) is 27.2 Å². The van der Waals surface area contributed by atoms with Crippen molar-refractivity contribution in [3.8, 4) is 0 Å². The van der Waals surface area contributed by atoms with Crippen molar-refractivity contribution in [3.05, 3.63) is 29.8 Å². The van der Waals surface area contributed by atoms with Gasteiger partial charge in [0.05, 0.1) is 18.0 Å². The van der Waals surface area contributed by atoms with Gasteiger partial charge in [-0.15, -0.1) is 0 Å². The third-order valence-corrected chi connectivity index (χ3v) is 5.88. The van der Waals surface area contributed by atoms with Crippen LogP contribution in [0.25, 0.3) is 0 Å². The summed E-state index contributed by atoms with van der Waals surface area (Å²) in [6.07, 6.45) is 2.29. The van der Waals surface area contributed by atoms with E-state index in [4.69, 9.17) is 10.1 Å². The van der Waals surface area contributed by atoms with Crippen LogP contribution >= 0.6 is 0 Å². The molecule has 0 saturated carbocycles. The number of rotatable bonds is 7. The minimum Gasteiger partial charge on any atom is -0.347 e. The van der Waals surface area contributed by atoms with Crippen molar-refractivity contribution >= 4 is 21.9 Å². The monoisotopic (exact) mass is 423 g/mol. The molecule has 2 rings (SSSR count). The Morgan fingerprint density at radius 3 is 2.52 bits per heavy atom. The van der Waals surface area contributed by atoms with E-state index in [0.29, 0.717) is 24.3 Å². The van der Waals surface area contributed by atoms with Crippen LogP contribution in [0.3, 0.4) is 0 Å². The van der Waals surface area contributed by atoms with E-state index in [0.717, 1.165) is 25.1 Å². The molecule has 29 heavy (non-hydrogen) atoms. The van der Waals surface area contributed by atoms with E-state index in [2.05, 4.69) is 24.1 Å². The summed E-state index contributed by atoms with van der Waals surface area (Å²) in [6, 6.07) is 6.38. The first-order valence-electron chi connectivity index (χ1n) is 9.91. The summed E-state index contributed by atoms with van der Waals surface area (Å²) in [4.78, 5) is 20.5. The molecule has 1 aliphatic rings. The number of carbonyl (C=O) groups is 1. The number of hydrogen-bond donors (Lipinski definition) is 2. The van der Waals surface area contributed by atoms with Crippen molar-refractivity contribution in [3.63, 3.8) is 0 Å². The molecule has 1 aromatic carbocycles. The predicted molar refractivity (Wildman–Crippen MR) is 115 cm³/mol. The van der Waals surface area contributed by atoms with Crippen LogP contribution in [0.5, 0.6) is 0 Å². The number of benzene rings is 1. The number of nitrogens with two attached hydrogens (primary N) is 1. The van der Waals surface area contributed by atoms with Crippen LogP contribution in [-0.4, -0.2) is 63.8 Å². The molecule has 1 unspecified atom stereocenters. The highest BCUT2D eigenvalue weighted by Crippen LogP contribution is 2.23. The molecule has 9 heteroatoms. The van der Waals surface area contributed by atoms with E-state index in [1.54, 1.807) is 31.1 Å². The molecular formula is C20H33N5O3S. The van der Waals surface area contributed by atoms with Gasteiger partial charge in [0.15, 0.2) is 5.96 Å². The third-order valence-electron chi connectivity index (χ3n) is 4.95. The molecule has 1 aromatic rings. The molecule has 1 fully saturated rings. The number of amides is 1. The van der Waals surface area contributed by atoms with Crippen molar-refractivity contribution in [2.24, 2.45) is 22.0 Å². The summed E-state index contributed by atoms with van der Waals surface area (Å²) in [7, 11) is -0.256. The molecule has 162 valence electrons. The van der Waals surface area contributed by atoms with Crippen LogP contribution in [0.2, 0.25) is 0 Å². The van der Waals surface area contributed by atoms with Crippen LogP contribution in [0, 0.1) is 11.8 Å². The maximum atomic E-state index is 12.0. The number of nitrogens with zero attached hydrogens (tertiary/aromatic N) is 3. The van der Waals surface area contributed by atoms with Crippen LogP contribution < -0.4 is 10.5 Å². The lowest BCUT2D eigenvalue weighted by Gasteiger charge is -2.23. The molecule has 0 radical (unpaired) electrons. The smallest absolute Gasteiger partial charge is 0.241 e. The largest absolute Gasteiger partial charge is 0.347 e. The van der Waals surface area contributed by atoms with Crippen molar-refractivity contribution < 1.29 is 13.2 Å². The Balaban J connectivity index is 2.10. The molecule has 3 N–H and O–H groups in total.